The van der Waals surface area contributed by atoms with Gasteiger partial charge in [0.1, 0.15) is 11.6 Å². The summed E-state index contributed by atoms with van der Waals surface area (Å²) in [5, 5.41) is 10.1. The summed E-state index contributed by atoms with van der Waals surface area (Å²) in [4.78, 5) is 17.0. The van der Waals surface area contributed by atoms with E-state index in [2.05, 4.69) is 15.4 Å². The lowest BCUT2D eigenvalue weighted by Gasteiger charge is -2.06. The zero-order chi connectivity index (χ0) is 22.7. The van der Waals surface area contributed by atoms with Gasteiger partial charge in [-0.2, -0.15) is 5.10 Å². The Morgan fingerprint density at radius 2 is 2.00 bits per heavy atom. The summed E-state index contributed by atoms with van der Waals surface area (Å²) < 4.78 is 20.5. The standard InChI is InChI=1S/C24H23FN4O2S/c1-15-22(11-17-6-4-7-18(25)10-17)16(2)29(28-15)24-27-20(14-32-24)13-23(30)26-19-8-5-9-21(12-19)31-3/h4-10,12,14H,11,13H2,1-3H3,(H,26,30). The first-order valence-electron chi connectivity index (χ1n) is 10.1. The van der Waals surface area contributed by atoms with Crippen molar-refractivity contribution in [2.24, 2.45) is 0 Å². The van der Waals surface area contributed by atoms with E-state index in [-0.39, 0.29) is 18.1 Å². The van der Waals surface area contributed by atoms with Crippen molar-refractivity contribution < 1.29 is 13.9 Å². The SMILES string of the molecule is COc1cccc(NC(=O)Cc2csc(-n3nc(C)c(Cc4cccc(F)c4)c3C)n2)c1. The number of rotatable bonds is 7. The number of ether oxygens (including phenoxy) is 1. The molecule has 32 heavy (non-hydrogen) atoms. The Balaban J connectivity index is 1.48. The second-order valence-corrected chi connectivity index (χ2v) is 8.28. The topological polar surface area (TPSA) is 69.0 Å². The normalized spacial score (nSPS) is 10.9. The summed E-state index contributed by atoms with van der Waals surface area (Å²) in [6.07, 6.45) is 0.750. The highest BCUT2D eigenvalue weighted by Crippen LogP contribution is 2.24. The second-order valence-electron chi connectivity index (χ2n) is 7.45. The molecule has 4 aromatic rings. The van der Waals surface area contributed by atoms with Gasteiger partial charge in [-0.15, -0.1) is 11.3 Å². The van der Waals surface area contributed by atoms with Gasteiger partial charge < -0.3 is 10.1 Å². The van der Waals surface area contributed by atoms with Crippen molar-refractivity contribution in [1.29, 1.82) is 0 Å². The summed E-state index contributed by atoms with van der Waals surface area (Å²) in [6, 6.07) is 13.8. The van der Waals surface area contributed by atoms with Crippen LogP contribution in [0.1, 0.15) is 28.2 Å². The third-order valence-corrected chi connectivity index (χ3v) is 5.99. The van der Waals surface area contributed by atoms with Crippen LogP contribution < -0.4 is 10.1 Å². The summed E-state index contributed by atoms with van der Waals surface area (Å²) >= 11 is 1.43. The van der Waals surface area contributed by atoms with Crippen LogP contribution in [0.5, 0.6) is 5.75 Å². The molecule has 0 saturated heterocycles. The predicted octanol–water partition coefficient (Wildman–Crippen LogP) is 4.87. The van der Waals surface area contributed by atoms with Crippen molar-refractivity contribution in [3.63, 3.8) is 0 Å². The number of aromatic nitrogens is 3. The highest BCUT2D eigenvalue weighted by Gasteiger charge is 2.17. The summed E-state index contributed by atoms with van der Waals surface area (Å²) in [5.41, 5.74) is 5.11. The van der Waals surface area contributed by atoms with E-state index in [1.165, 1.54) is 17.4 Å². The Labute approximate surface area is 189 Å². The van der Waals surface area contributed by atoms with Crippen LogP contribution in [0.4, 0.5) is 10.1 Å². The molecule has 2 aromatic heterocycles. The Morgan fingerprint density at radius 1 is 1.19 bits per heavy atom. The van der Waals surface area contributed by atoms with Crippen LogP contribution in [0.3, 0.4) is 0 Å². The molecule has 4 rings (SSSR count). The molecule has 0 unspecified atom stereocenters. The van der Waals surface area contributed by atoms with Gasteiger partial charge in [-0.05, 0) is 43.7 Å². The largest absolute Gasteiger partial charge is 0.497 e. The quantitative estimate of drug-likeness (QED) is 0.436. The number of aryl methyl sites for hydroxylation is 1. The Hall–Kier alpha value is -3.52. The van der Waals surface area contributed by atoms with Gasteiger partial charge in [0.25, 0.3) is 0 Å². The van der Waals surface area contributed by atoms with Gasteiger partial charge in [0.05, 0.1) is 24.9 Å². The monoisotopic (exact) mass is 450 g/mol. The molecule has 0 fully saturated rings. The number of benzene rings is 2. The van der Waals surface area contributed by atoms with Crippen LogP contribution in [0.25, 0.3) is 5.13 Å². The number of thiazole rings is 1. The summed E-state index contributed by atoms with van der Waals surface area (Å²) in [6.45, 7) is 3.92. The van der Waals surface area contributed by atoms with Crippen molar-refractivity contribution in [3.05, 3.63) is 87.9 Å². The van der Waals surface area contributed by atoms with Gasteiger partial charge in [-0.1, -0.05) is 18.2 Å². The van der Waals surface area contributed by atoms with Gasteiger partial charge in [0.2, 0.25) is 11.0 Å². The molecule has 6 nitrogen and oxygen atoms in total. The Morgan fingerprint density at radius 3 is 2.78 bits per heavy atom. The number of anilines is 1. The van der Waals surface area contributed by atoms with Crippen LogP contribution in [0, 0.1) is 19.7 Å². The number of nitrogens with zero attached hydrogens (tertiary/aromatic N) is 3. The maximum atomic E-state index is 13.6. The smallest absolute Gasteiger partial charge is 0.230 e. The Bertz CT molecular complexity index is 1260. The zero-order valence-electron chi connectivity index (χ0n) is 18.1. The van der Waals surface area contributed by atoms with Crippen molar-refractivity contribution in [3.8, 4) is 10.9 Å². The number of hydrogen-bond donors (Lipinski definition) is 1. The molecule has 164 valence electrons. The number of methoxy groups -OCH3 is 1. The molecule has 0 atom stereocenters. The molecule has 0 bridgehead atoms. The fourth-order valence-electron chi connectivity index (χ4n) is 3.51. The highest BCUT2D eigenvalue weighted by atomic mass is 32.1. The minimum atomic E-state index is -0.248. The summed E-state index contributed by atoms with van der Waals surface area (Å²) in [5.74, 6) is 0.273. The average Bonchev–Trinajstić information content (AvgIpc) is 3.33. The zero-order valence-corrected chi connectivity index (χ0v) is 18.9. The molecule has 0 saturated carbocycles. The third-order valence-electron chi connectivity index (χ3n) is 5.13. The van der Waals surface area contributed by atoms with Gasteiger partial charge in [0, 0.05) is 34.8 Å². The van der Waals surface area contributed by atoms with Crippen LogP contribution in [0.2, 0.25) is 0 Å². The van der Waals surface area contributed by atoms with E-state index in [0.29, 0.717) is 28.7 Å². The molecule has 1 amide bonds. The molecule has 2 aromatic carbocycles. The molecule has 8 heteroatoms. The van der Waals surface area contributed by atoms with Crippen molar-refractivity contribution >= 4 is 22.9 Å². The predicted molar refractivity (Wildman–Crippen MR) is 123 cm³/mol. The van der Waals surface area contributed by atoms with E-state index in [0.717, 1.165) is 22.5 Å². The van der Waals surface area contributed by atoms with Crippen LogP contribution in [0.15, 0.2) is 53.9 Å². The van der Waals surface area contributed by atoms with Crippen LogP contribution in [-0.2, 0) is 17.6 Å². The third kappa shape index (κ3) is 4.86. The lowest BCUT2D eigenvalue weighted by Crippen LogP contribution is -2.14. The van der Waals surface area contributed by atoms with Crippen molar-refractivity contribution in [2.75, 3.05) is 12.4 Å². The van der Waals surface area contributed by atoms with E-state index >= 15 is 0 Å². The van der Waals surface area contributed by atoms with E-state index in [1.54, 1.807) is 30.0 Å². The van der Waals surface area contributed by atoms with Gasteiger partial charge in [-0.3, -0.25) is 4.79 Å². The Kier molecular flexibility index (Phi) is 6.32. The maximum Gasteiger partial charge on any atom is 0.230 e. The van der Waals surface area contributed by atoms with E-state index in [9.17, 15) is 9.18 Å². The molecule has 0 spiro atoms. The number of amides is 1. The molecule has 2 heterocycles. The number of carbonyl (C=O) groups excluding carboxylic acids is 1. The number of carbonyl (C=O) groups is 1. The van der Waals surface area contributed by atoms with Crippen molar-refractivity contribution in [1.82, 2.24) is 14.8 Å². The average molecular weight is 451 g/mol. The van der Waals surface area contributed by atoms with Gasteiger partial charge >= 0.3 is 0 Å². The van der Waals surface area contributed by atoms with E-state index < -0.39 is 0 Å². The fourth-order valence-corrected chi connectivity index (χ4v) is 4.34. The van der Waals surface area contributed by atoms with Crippen LogP contribution in [-0.4, -0.2) is 27.8 Å². The number of hydrogen-bond acceptors (Lipinski definition) is 5. The minimum absolute atomic E-state index is 0.156. The lowest BCUT2D eigenvalue weighted by atomic mass is 10.0. The first-order valence-corrected chi connectivity index (χ1v) is 11.0. The molecule has 1 N–H and O–H groups in total. The molecule has 0 aliphatic heterocycles. The van der Waals surface area contributed by atoms with Crippen LogP contribution >= 0.6 is 11.3 Å². The lowest BCUT2D eigenvalue weighted by molar-refractivity contribution is -0.115. The number of nitrogens with one attached hydrogen (secondary N) is 1. The van der Waals surface area contributed by atoms with Crippen molar-refractivity contribution in [2.45, 2.75) is 26.7 Å². The molecule has 0 aliphatic carbocycles. The molecule has 0 radical (unpaired) electrons. The molecular formula is C24H23FN4O2S. The first-order chi connectivity index (χ1) is 15.4. The van der Waals surface area contributed by atoms with E-state index in [4.69, 9.17) is 4.74 Å². The first kappa shape index (κ1) is 21.7. The van der Waals surface area contributed by atoms with Gasteiger partial charge in [0.15, 0.2) is 0 Å². The highest BCUT2D eigenvalue weighted by molar-refractivity contribution is 7.12. The molecule has 0 aliphatic rings. The molecular weight excluding hydrogens is 427 g/mol. The number of halogens is 1. The minimum Gasteiger partial charge on any atom is -0.497 e. The fraction of sp³-hybridized carbons (Fsp3) is 0.208. The second kappa shape index (κ2) is 9.32. The van der Waals surface area contributed by atoms with Gasteiger partial charge in [-0.25, -0.2) is 14.1 Å². The summed E-state index contributed by atoms with van der Waals surface area (Å²) in [7, 11) is 1.58. The van der Waals surface area contributed by atoms with E-state index in [1.807, 2.05) is 43.5 Å². The maximum absolute atomic E-state index is 13.6.